The highest BCUT2D eigenvalue weighted by molar-refractivity contribution is 5.95. The molecule has 0 bridgehead atoms. The third-order valence-electron chi connectivity index (χ3n) is 4.69. The van der Waals surface area contributed by atoms with Gasteiger partial charge in [0.05, 0.1) is 6.10 Å². The number of fused-ring (bicyclic) bond motifs is 1. The Bertz CT molecular complexity index is 608. The molecule has 3 unspecified atom stereocenters. The molecule has 3 rings (SSSR count). The van der Waals surface area contributed by atoms with Gasteiger partial charge < -0.3 is 15.0 Å². The Balaban J connectivity index is 1.86. The van der Waals surface area contributed by atoms with Crippen LogP contribution in [0.5, 0.6) is 0 Å². The van der Waals surface area contributed by atoms with Gasteiger partial charge in [0.2, 0.25) is 0 Å². The zero-order chi connectivity index (χ0) is 14.4. The molecule has 1 aromatic heterocycles. The Labute approximate surface area is 117 Å². The second-order valence-electron chi connectivity index (χ2n) is 6.12. The van der Waals surface area contributed by atoms with E-state index < -0.39 is 0 Å². The highest BCUT2D eigenvalue weighted by Gasteiger charge is 2.43. The predicted octanol–water partition coefficient (Wildman–Crippen LogP) is 0.835. The lowest BCUT2D eigenvalue weighted by Crippen LogP contribution is -2.35. The number of rotatable bonds is 1. The summed E-state index contributed by atoms with van der Waals surface area (Å²) < 4.78 is 0. The molecular formula is C15H20N2O3. The van der Waals surface area contributed by atoms with Crippen molar-refractivity contribution in [2.45, 2.75) is 32.8 Å². The normalized spacial score (nSPS) is 28.8. The third-order valence-corrected chi connectivity index (χ3v) is 4.69. The molecule has 0 radical (unpaired) electrons. The van der Waals surface area contributed by atoms with E-state index in [0.29, 0.717) is 24.6 Å². The fourth-order valence-corrected chi connectivity index (χ4v) is 3.68. The van der Waals surface area contributed by atoms with E-state index in [-0.39, 0.29) is 29.1 Å². The van der Waals surface area contributed by atoms with Crippen molar-refractivity contribution in [3.63, 3.8) is 0 Å². The van der Waals surface area contributed by atoms with Crippen LogP contribution in [0.15, 0.2) is 10.9 Å². The minimum Gasteiger partial charge on any atom is -0.393 e. The molecule has 2 N–H and O–H groups in total. The first kappa shape index (κ1) is 13.4. The van der Waals surface area contributed by atoms with Crippen molar-refractivity contribution in [2.75, 3.05) is 13.1 Å². The number of pyridine rings is 1. The van der Waals surface area contributed by atoms with Crippen molar-refractivity contribution < 1.29 is 9.90 Å². The van der Waals surface area contributed by atoms with Crippen molar-refractivity contribution >= 4 is 5.91 Å². The Kier molecular flexibility index (Phi) is 3.17. The number of likely N-dealkylation sites (tertiary alicyclic amines) is 1. The van der Waals surface area contributed by atoms with E-state index in [1.807, 2.05) is 6.07 Å². The van der Waals surface area contributed by atoms with Crippen LogP contribution in [0.25, 0.3) is 0 Å². The van der Waals surface area contributed by atoms with Crippen LogP contribution in [0.3, 0.4) is 0 Å². The largest absolute Gasteiger partial charge is 0.393 e. The van der Waals surface area contributed by atoms with E-state index >= 15 is 0 Å². The van der Waals surface area contributed by atoms with E-state index in [1.54, 1.807) is 18.7 Å². The van der Waals surface area contributed by atoms with Gasteiger partial charge in [0, 0.05) is 24.7 Å². The molecule has 20 heavy (non-hydrogen) atoms. The van der Waals surface area contributed by atoms with Crippen LogP contribution >= 0.6 is 0 Å². The highest BCUT2D eigenvalue weighted by atomic mass is 16.3. The number of hydrogen-bond donors (Lipinski definition) is 2. The van der Waals surface area contributed by atoms with E-state index in [1.165, 1.54) is 0 Å². The number of nitrogens with one attached hydrogen (secondary N) is 1. The van der Waals surface area contributed by atoms with Gasteiger partial charge in [-0.25, -0.2) is 0 Å². The molecule has 5 nitrogen and oxygen atoms in total. The second kappa shape index (κ2) is 4.74. The molecule has 1 aromatic rings. The summed E-state index contributed by atoms with van der Waals surface area (Å²) in [6.07, 6.45) is 1.51. The Hall–Kier alpha value is -1.62. The van der Waals surface area contributed by atoms with Crippen LogP contribution in [0.1, 0.15) is 34.5 Å². The average Bonchev–Trinajstić information content (AvgIpc) is 2.90. The van der Waals surface area contributed by atoms with Gasteiger partial charge in [-0.05, 0) is 44.2 Å². The van der Waals surface area contributed by atoms with Gasteiger partial charge in [-0.2, -0.15) is 0 Å². The average molecular weight is 276 g/mol. The summed E-state index contributed by atoms with van der Waals surface area (Å²) in [7, 11) is 0. The number of aryl methyl sites for hydroxylation is 2. The van der Waals surface area contributed by atoms with E-state index in [4.69, 9.17) is 0 Å². The fraction of sp³-hybridized carbons (Fsp3) is 0.600. The minimum absolute atomic E-state index is 0.184. The molecule has 1 saturated heterocycles. The van der Waals surface area contributed by atoms with E-state index in [2.05, 4.69) is 4.98 Å². The number of hydrogen-bond acceptors (Lipinski definition) is 3. The molecule has 2 aliphatic rings. The van der Waals surface area contributed by atoms with Crippen molar-refractivity contribution in [1.82, 2.24) is 9.88 Å². The van der Waals surface area contributed by atoms with Crippen LogP contribution in [-0.4, -0.2) is 40.1 Å². The summed E-state index contributed by atoms with van der Waals surface area (Å²) >= 11 is 0. The quantitative estimate of drug-likeness (QED) is 0.798. The maximum absolute atomic E-state index is 12.6. The van der Waals surface area contributed by atoms with Crippen molar-refractivity contribution in [2.24, 2.45) is 11.8 Å². The number of nitrogens with zero attached hydrogens (tertiary/aromatic N) is 1. The monoisotopic (exact) mass is 276 g/mol. The van der Waals surface area contributed by atoms with Crippen molar-refractivity contribution in [3.05, 3.63) is 33.2 Å². The number of amides is 1. The Morgan fingerprint density at radius 3 is 2.75 bits per heavy atom. The molecule has 1 saturated carbocycles. The van der Waals surface area contributed by atoms with Crippen LogP contribution in [-0.2, 0) is 0 Å². The second-order valence-corrected chi connectivity index (χ2v) is 6.12. The molecule has 0 spiro atoms. The van der Waals surface area contributed by atoms with Crippen LogP contribution in [0, 0.1) is 25.7 Å². The molecular weight excluding hydrogens is 256 g/mol. The maximum atomic E-state index is 12.6. The number of aromatic amines is 1. The summed E-state index contributed by atoms with van der Waals surface area (Å²) in [5, 5.41) is 9.91. The molecule has 108 valence electrons. The van der Waals surface area contributed by atoms with Crippen LogP contribution in [0.4, 0.5) is 0 Å². The molecule has 1 aliphatic carbocycles. The van der Waals surface area contributed by atoms with E-state index in [9.17, 15) is 14.7 Å². The Morgan fingerprint density at radius 2 is 2.10 bits per heavy atom. The number of aromatic nitrogens is 1. The van der Waals surface area contributed by atoms with Gasteiger partial charge in [-0.1, -0.05) is 0 Å². The molecule has 2 heterocycles. The summed E-state index contributed by atoms with van der Waals surface area (Å²) in [6.45, 7) is 4.82. The Morgan fingerprint density at radius 1 is 1.35 bits per heavy atom. The van der Waals surface area contributed by atoms with Gasteiger partial charge in [0.25, 0.3) is 11.5 Å². The molecule has 1 aliphatic heterocycles. The zero-order valence-electron chi connectivity index (χ0n) is 11.8. The zero-order valence-corrected chi connectivity index (χ0v) is 11.8. The number of H-pyrrole nitrogens is 1. The lowest BCUT2D eigenvalue weighted by Gasteiger charge is -2.19. The SMILES string of the molecule is Cc1cc(C)c(C(=O)N2CC3CCC(O)C3C2)c(=O)[nH]1. The van der Waals surface area contributed by atoms with Crippen molar-refractivity contribution in [1.29, 1.82) is 0 Å². The standard InChI is InChI=1S/C15H20N2O3/c1-8-5-9(2)16-14(19)13(8)15(20)17-6-10-3-4-12(18)11(10)7-17/h5,10-12,18H,3-4,6-7H2,1-2H3,(H,16,19). The fourth-order valence-electron chi connectivity index (χ4n) is 3.68. The summed E-state index contributed by atoms with van der Waals surface area (Å²) in [4.78, 5) is 29.0. The lowest BCUT2D eigenvalue weighted by molar-refractivity contribution is 0.0750. The summed E-state index contributed by atoms with van der Waals surface area (Å²) in [6, 6.07) is 1.82. The first-order valence-corrected chi connectivity index (χ1v) is 7.15. The topological polar surface area (TPSA) is 73.4 Å². The van der Waals surface area contributed by atoms with E-state index in [0.717, 1.165) is 18.5 Å². The molecule has 2 fully saturated rings. The summed E-state index contributed by atoms with van der Waals surface area (Å²) in [5.41, 5.74) is 1.40. The molecule has 0 aromatic carbocycles. The van der Waals surface area contributed by atoms with Gasteiger partial charge in [-0.3, -0.25) is 9.59 Å². The number of carbonyl (C=O) groups excluding carboxylic acids is 1. The van der Waals surface area contributed by atoms with Gasteiger partial charge >= 0.3 is 0 Å². The van der Waals surface area contributed by atoms with Crippen molar-refractivity contribution in [3.8, 4) is 0 Å². The van der Waals surface area contributed by atoms with Crippen LogP contribution < -0.4 is 5.56 Å². The first-order chi connectivity index (χ1) is 9.47. The summed E-state index contributed by atoms with van der Waals surface area (Å²) in [5.74, 6) is 0.368. The van der Waals surface area contributed by atoms with Crippen LogP contribution in [0.2, 0.25) is 0 Å². The predicted molar refractivity (Wildman–Crippen MR) is 74.7 cm³/mol. The maximum Gasteiger partial charge on any atom is 0.261 e. The third kappa shape index (κ3) is 2.06. The smallest absolute Gasteiger partial charge is 0.261 e. The molecule has 5 heteroatoms. The molecule has 3 atom stereocenters. The number of aliphatic hydroxyl groups excluding tert-OH is 1. The number of aliphatic hydroxyl groups is 1. The first-order valence-electron chi connectivity index (χ1n) is 7.15. The lowest BCUT2D eigenvalue weighted by atomic mass is 10.00. The van der Waals surface area contributed by atoms with Gasteiger partial charge in [0.1, 0.15) is 5.56 Å². The van der Waals surface area contributed by atoms with Gasteiger partial charge in [-0.15, -0.1) is 0 Å². The number of carbonyl (C=O) groups is 1. The highest BCUT2D eigenvalue weighted by Crippen LogP contribution is 2.38. The molecule has 1 amide bonds. The minimum atomic E-state index is -0.315. The van der Waals surface area contributed by atoms with Gasteiger partial charge in [0.15, 0.2) is 0 Å².